The predicted molar refractivity (Wildman–Crippen MR) is 77.9 cm³/mol. The number of hydrogen-bond acceptors (Lipinski definition) is 5. The number of amides is 2. The highest BCUT2D eigenvalue weighted by molar-refractivity contribution is 8.18. The number of imide groups is 1. The van der Waals surface area contributed by atoms with Crippen molar-refractivity contribution in [3.05, 3.63) is 28.7 Å². The lowest BCUT2D eigenvalue weighted by atomic mass is 10.2. The van der Waals surface area contributed by atoms with Crippen molar-refractivity contribution in [1.82, 2.24) is 5.32 Å². The van der Waals surface area contributed by atoms with E-state index in [9.17, 15) is 9.59 Å². The van der Waals surface area contributed by atoms with Crippen molar-refractivity contribution in [3.8, 4) is 11.5 Å². The molecule has 1 aliphatic heterocycles. The summed E-state index contributed by atoms with van der Waals surface area (Å²) >= 11 is 0.892. The van der Waals surface area contributed by atoms with E-state index in [0.717, 1.165) is 17.3 Å². The summed E-state index contributed by atoms with van der Waals surface area (Å²) in [6.07, 6.45) is 1.66. The van der Waals surface area contributed by atoms with Crippen LogP contribution in [-0.4, -0.2) is 24.4 Å². The van der Waals surface area contributed by atoms with Crippen LogP contribution in [0.4, 0.5) is 4.79 Å². The quantitative estimate of drug-likeness (QED) is 0.846. The zero-order valence-corrected chi connectivity index (χ0v) is 12.1. The molecule has 2 amide bonds. The second kappa shape index (κ2) is 6.47. The highest BCUT2D eigenvalue weighted by Gasteiger charge is 2.25. The lowest BCUT2D eigenvalue weighted by Gasteiger charge is -2.11. The van der Waals surface area contributed by atoms with E-state index in [1.165, 1.54) is 0 Å². The third-order valence-corrected chi connectivity index (χ3v) is 3.32. The molecule has 0 aliphatic carbocycles. The molecule has 1 aromatic carbocycles. The molecule has 1 aromatic rings. The first-order chi connectivity index (χ1) is 9.63. The molecule has 20 heavy (non-hydrogen) atoms. The van der Waals surface area contributed by atoms with Crippen LogP contribution in [0.25, 0.3) is 6.08 Å². The molecule has 0 saturated carbocycles. The molecule has 0 spiro atoms. The monoisotopic (exact) mass is 293 g/mol. The van der Waals surface area contributed by atoms with Gasteiger partial charge in [-0.05, 0) is 49.4 Å². The summed E-state index contributed by atoms with van der Waals surface area (Å²) in [5, 5.41) is 1.87. The van der Waals surface area contributed by atoms with Crippen LogP contribution in [0.5, 0.6) is 11.5 Å². The van der Waals surface area contributed by atoms with Gasteiger partial charge >= 0.3 is 0 Å². The zero-order chi connectivity index (χ0) is 14.5. The van der Waals surface area contributed by atoms with E-state index >= 15 is 0 Å². The molecule has 0 bridgehead atoms. The van der Waals surface area contributed by atoms with Gasteiger partial charge in [-0.3, -0.25) is 14.9 Å². The molecular formula is C14H15NO4S. The normalized spacial score (nSPS) is 16.4. The number of benzene rings is 1. The van der Waals surface area contributed by atoms with Gasteiger partial charge < -0.3 is 9.47 Å². The maximum absolute atomic E-state index is 11.5. The van der Waals surface area contributed by atoms with Gasteiger partial charge in [-0.25, -0.2) is 0 Å². The van der Waals surface area contributed by atoms with Crippen LogP contribution in [0.15, 0.2) is 23.1 Å². The molecule has 106 valence electrons. The lowest BCUT2D eigenvalue weighted by Crippen LogP contribution is -2.17. The molecule has 1 heterocycles. The average Bonchev–Trinajstić information content (AvgIpc) is 2.71. The molecule has 1 N–H and O–H groups in total. The van der Waals surface area contributed by atoms with Crippen LogP contribution in [-0.2, 0) is 4.79 Å². The summed E-state index contributed by atoms with van der Waals surface area (Å²) < 4.78 is 11.0. The minimum atomic E-state index is -0.369. The molecule has 2 rings (SSSR count). The Morgan fingerprint density at radius 3 is 2.45 bits per heavy atom. The Morgan fingerprint density at radius 1 is 1.15 bits per heavy atom. The van der Waals surface area contributed by atoms with E-state index in [4.69, 9.17) is 9.47 Å². The number of carbonyl (C=O) groups is 2. The fourth-order valence-corrected chi connectivity index (χ4v) is 2.41. The van der Waals surface area contributed by atoms with Gasteiger partial charge in [-0.2, -0.15) is 0 Å². The Hall–Kier alpha value is -1.95. The Labute approximate surface area is 121 Å². The summed E-state index contributed by atoms with van der Waals surface area (Å²) in [5.41, 5.74) is 0.782. The van der Waals surface area contributed by atoms with Crippen molar-refractivity contribution in [1.29, 1.82) is 0 Å². The number of nitrogens with one attached hydrogen (secondary N) is 1. The van der Waals surface area contributed by atoms with Gasteiger partial charge in [0.05, 0.1) is 18.1 Å². The fraction of sp³-hybridized carbons (Fsp3) is 0.286. The topological polar surface area (TPSA) is 64.6 Å². The van der Waals surface area contributed by atoms with Crippen LogP contribution in [0.1, 0.15) is 19.4 Å². The first-order valence-electron chi connectivity index (χ1n) is 6.28. The van der Waals surface area contributed by atoms with E-state index in [1.54, 1.807) is 18.2 Å². The van der Waals surface area contributed by atoms with Crippen LogP contribution in [0, 0.1) is 0 Å². The van der Waals surface area contributed by atoms with Gasteiger partial charge in [0, 0.05) is 0 Å². The van der Waals surface area contributed by atoms with E-state index < -0.39 is 0 Å². The van der Waals surface area contributed by atoms with Crippen molar-refractivity contribution in [2.45, 2.75) is 13.8 Å². The van der Waals surface area contributed by atoms with Gasteiger partial charge in [0.15, 0.2) is 11.5 Å². The van der Waals surface area contributed by atoms with Gasteiger partial charge in [-0.15, -0.1) is 0 Å². The second-order valence-electron chi connectivity index (χ2n) is 3.92. The predicted octanol–water partition coefficient (Wildman–Crippen LogP) is 2.81. The second-order valence-corrected chi connectivity index (χ2v) is 4.94. The third-order valence-electron chi connectivity index (χ3n) is 2.51. The van der Waals surface area contributed by atoms with E-state index in [1.807, 2.05) is 19.9 Å². The van der Waals surface area contributed by atoms with Crippen molar-refractivity contribution in [3.63, 3.8) is 0 Å². The summed E-state index contributed by atoms with van der Waals surface area (Å²) in [6, 6.07) is 5.40. The highest BCUT2D eigenvalue weighted by atomic mass is 32.2. The number of carbonyl (C=O) groups excluding carboxylic acids is 2. The van der Waals surface area contributed by atoms with Crippen molar-refractivity contribution >= 4 is 29.0 Å². The number of thioether (sulfide) groups is 1. The number of ether oxygens (including phenoxy) is 2. The van der Waals surface area contributed by atoms with E-state index in [0.29, 0.717) is 29.6 Å². The Bertz CT molecular complexity index is 568. The molecule has 6 heteroatoms. The zero-order valence-electron chi connectivity index (χ0n) is 11.3. The van der Waals surface area contributed by atoms with Crippen molar-refractivity contribution in [2.24, 2.45) is 0 Å². The van der Waals surface area contributed by atoms with Gasteiger partial charge in [0.1, 0.15) is 0 Å². The van der Waals surface area contributed by atoms with Crippen LogP contribution in [0.2, 0.25) is 0 Å². The number of rotatable bonds is 5. The van der Waals surface area contributed by atoms with E-state index in [2.05, 4.69) is 5.32 Å². The number of hydrogen-bond donors (Lipinski definition) is 1. The summed E-state index contributed by atoms with van der Waals surface area (Å²) in [5.74, 6) is 0.918. The van der Waals surface area contributed by atoms with Gasteiger partial charge in [0.25, 0.3) is 11.1 Å². The molecule has 5 nitrogen and oxygen atoms in total. The minimum absolute atomic E-state index is 0.350. The minimum Gasteiger partial charge on any atom is -0.490 e. The van der Waals surface area contributed by atoms with Crippen LogP contribution >= 0.6 is 11.8 Å². The molecule has 0 radical (unpaired) electrons. The smallest absolute Gasteiger partial charge is 0.290 e. The van der Waals surface area contributed by atoms with Gasteiger partial charge in [-0.1, -0.05) is 6.07 Å². The fourth-order valence-electron chi connectivity index (χ4n) is 1.73. The highest BCUT2D eigenvalue weighted by Crippen LogP contribution is 2.31. The Kier molecular flexibility index (Phi) is 4.68. The maximum Gasteiger partial charge on any atom is 0.290 e. The average molecular weight is 293 g/mol. The van der Waals surface area contributed by atoms with Crippen LogP contribution < -0.4 is 14.8 Å². The summed E-state index contributed by atoms with van der Waals surface area (Å²) in [7, 11) is 0. The van der Waals surface area contributed by atoms with E-state index in [-0.39, 0.29) is 11.1 Å². The molecule has 1 saturated heterocycles. The lowest BCUT2D eigenvalue weighted by molar-refractivity contribution is -0.115. The SMILES string of the molecule is CCOc1ccc(/C=C2/SC(=O)NC2=O)cc1OCC. The Balaban J connectivity index is 2.29. The van der Waals surface area contributed by atoms with Crippen molar-refractivity contribution in [2.75, 3.05) is 13.2 Å². The summed E-state index contributed by atoms with van der Waals surface area (Å²) in [4.78, 5) is 23.0. The molecule has 0 unspecified atom stereocenters. The van der Waals surface area contributed by atoms with Crippen molar-refractivity contribution < 1.29 is 19.1 Å². The third kappa shape index (κ3) is 3.33. The largest absolute Gasteiger partial charge is 0.490 e. The first kappa shape index (κ1) is 14.5. The Morgan fingerprint density at radius 2 is 1.85 bits per heavy atom. The molecular weight excluding hydrogens is 278 g/mol. The van der Waals surface area contributed by atoms with Gasteiger partial charge in [0.2, 0.25) is 0 Å². The maximum atomic E-state index is 11.5. The summed E-state index contributed by atoms with van der Waals surface area (Å²) in [6.45, 7) is 4.86. The van der Waals surface area contributed by atoms with Crippen LogP contribution in [0.3, 0.4) is 0 Å². The standard InChI is InChI=1S/C14H15NO4S/c1-3-18-10-6-5-9(7-11(10)19-4-2)8-12-13(16)15-14(17)20-12/h5-8H,3-4H2,1-2H3,(H,15,16,17)/b12-8+. The molecule has 1 aliphatic rings. The molecule has 0 atom stereocenters. The first-order valence-corrected chi connectivity index (χ1v) is 7.10. The molecule has 1 fully saturated rings. The molecule has 0 aromatic heterocycles.